The molecule has 0 unspecified atom stereocenters. The number of allylic oxidation sites excluding steroid dienone is 3. The predicted molar refractivity (Wildman–Crippen MR) is 119 cm³/mol. The number of carbonyl (C=O) groups excluding carboxylic acids is 2. The molecule has 0 N–H and O–H groups in total. The van der Waals surface area contributed by atoms with Crippen LogP contribution in [0, 0.1) is 0 Å². The lowest BCUT2D eigenvalue weighted by molar-refractivity contribution is -0.126. The molecule has 1 fully saturated rings. The van der Waals surface area contributed by atoms with Crippen LogP contribution < -0.4 is 0 Å². The van der Waals surface area contributed by atoms with Gasteiger partial charge in [-0.05, 0) is 25.5 Å². The van der Waals surface area contributed by atoms with Gasteiger partial charge in [-0.1, -0.05) is 76.8 Å². The molecule has 1 saturated heterocycles. The second-order valence-electron chi connectivity index (χ2n) is 5.66. The molecule has 0 radical (unpaired) electrons. The summed E-state index contributed by atoms with van der Waals surface area (Å²) in [5.74, 6) is 0.0159. The van der Waals surface area contributed by atoms with Crippen LogP contribution in [0.3, 0.4) is 0 Å². The van der Waals surface area contributed by atoms with Crippen LogP contribution in [0.4, 0.5) is 0 Å². The van der Waals surface area contributed by atoms with Gasteiger partial charge < -0.3 is 9.80 Å². The Hall–Kier alpha value is -2.62. The quantitative estimate of drug-likeness (QED) is 0.535. The molecular weight excluding hydrogens is 348 g/mol. The maximum Gasteiger partial charge on any atom is 0.253 e. The Bertz CT molecular complexity index is 648. The molecule has 0 aromatic heterocycles. The summed E-state index contributed by atoms with van der Waals surface area (Å²) < 4.78 is 0. The number of nitrogens with zero attached hydrogens (tertiary/aromatic N) is 2. The van der Waals surface area contributed by atoms with Crippen molar-refractivity contribution in [3.63, 3.8) is 0 Å². The van der Waals surface area contributed by atoms with E-state index in [4.69, 9.17) is 0 Å². The van der Waals surface area contributed by atoms with Gasteiger partial charge in [0.15, 0.2) is 0 Å². The molecule has 0 spiro atoms. The molecule has 154 valence electrons. The molecule has 2 rings (SSSR count). The van der Waals surface area contributed by atoms with Crippen LogP contribution in [0.1, 0.15) is 51.4 Å². The zero-order valence-corrected chi connectivity index (χ0v) is 18.1. The highest BCUT2D eigenvalue weighted by Gasteiger charge is 2.23. The van der Waals surface area contributed by atoms with E-state index in [-0.39, 0.29) is 11.8 Å². The molecule has 2 amide bonds. The summed E-state index contributed by atoms with van der Waals surface area (Å²) in [5, 5.41) is 0. The average Bonchev–Trinajstić information content (AvgIpc) is 3.02. The maximum atomic E-state index is 12.6. The average molecular weight is 385 g/mol. The molecule has 0 aliphatic carbocycles. The molecule has 0 saturated carbocycles. The highest BCUT2D eigenvalue weighted by molar-refractivity contribution is 5.97. The van der Waals surface area contributed by atoms with E-state index >= 15 is 0 Å². The van der Waals surface area contributed by atoms with E-state index in [0.717, 1.165) is 6.42 Å². The second kappa shape index (κ2) is 15.4. The Morgan fingerprint density at radius 1 is 0.929 bits per heavy atom. The van der Waals surface area contributed by atoms with E-state index in [1.165, 1.54) is 0 Å². The summed E-state index contributed by atoms with van der Waals surface area (Å²) in [6.45, 7) is 16.0. The second-order valence-corrected chi connectivity index (χ2v) is 5.66. The van der Waals surface area contributed by atoms with Gasteiger partial charge >= 0.3 is 0 Å². The van der Waals surface area contributed by atoms with E-state index in [2.05, 4.69) is 6.58 Å². The van der Waals surface area contributed by atoms with Crippen LogP contribution in [0.25, 0.3) is 0 Å². The van der Waals surface area contributed by atoms with Gasteiger partial charge in [0.1, 0.15) is 0 Å². The number of hydrogen-bond acceptors (Lipinski definition) is 2. The lowest BCUT2D eigenvalue weighted by Gasteiger charge is -2.22. The first-order chi connectivity index (χ1) is 13.7. The van der Waals surface area contributed by atoms with E-state index in [9.17, 15) is 9.59 Å². The normalized spacial score (nSPS) is 14.2. The molecular formula is C24H36N2O2. The first-order valence-corrected chi connectivity index (χ1v) is 10.3. The van der Waals surface area contributed by atoms with E-state index in [1.807, 2.05) is 80.8 Å². The van der Waals surface area contributed by atoms with Gasteiger partial charge in [-0.15, -0.1) is 0 Å². The summed E-state index contributed by atoms with van der Waals surface area (Å²) in [4.78, 5) is 28.8. The van der Waals surface area contributed by atoms with Crippen molar-refractivity contribution < 1.29 is 9.59 Å². The van der Waals surface area contributed by atoms with Crippen LogP contribution in [0.2, 0.25) is 0 Å². The van der Waals surface area contributed by atoms with Gasteiger partial charge in [0.2, 0.25) is 0 Å². The first kappa shape index (κ1) is 25.4. The van der Waals surface area contributed by atoms with Crippen LogP contribution in [0.15, 0.2) is 66.8 Å². The van der Waals surface area contributed by atoms with Crippen molar-refractivity contribution >= 4 is 11.8 Å². The lowest BCUT2D eigenvalue weighted by Crippen LogP contribution is -2.37. The van der Waals surface area contributed by atoms with E-state index in [1.54, 1.807) is 18.2 Å². The zero-order valence-electron chi connectivity index (χ0n) is 18.1. The van der Waals surface area contributed by atoms with Gasteiger partial charge in [-0.3, -0.25) is 9.59 Å². The minimum atomic E-state index is -0.0120. The van der Waals surface area contributed by atoms with Gasteiger partial charge in [-0.25, -0.2) is 0 Å². The third-order valence-electron chi connectivity index (χ3n) is 3.98. The molecule has 1 aliphatic heterocycles. The first-order valence-electron chi connectivity index (χ1n) is 10.3. The SMILES string of the molecule is C=C/C=C(\C=C/C)C(=O)N1CCCN(C(=O)c2ccccc2)CC1.CC.CC. The summed E-state index contributed by atoms with van der Waals surface area (Å²) in [6, 6.07) is 9.28. The van der Waals surface area contributed by atoms with Crippen LogP contribution in [-0.4, -0.2) is 47.8 Å². The van der Waals surface area contributed by atoms with Crippen molar-refractivity contribution in [2.24, 2.45) is 0 Å². The number of hydrogen-bond donors (Lipinski definition) is 0. The minimum Gasteiger partial charge on any atom is -0.337 e. The Morgan fingerprint density at radius 3 is 2.07 bits per heavy atom. The molecule has 0 bridgehead atoms. The van der Waals surface area contributed by atoms with Crippen molar-refractivity contribution in [3.8, 4) is 0 Å². The molecule has 4 nitrogen and oxygen atoms in total. The van der Waals surface area contributed by atoms with Crippen molar-refractivity contribution in [2.45, 2.75) is 41.0 Å². The fourth-order valence-electron chi connectivity index (χ4n) is 2.77. The topological polar surface area (TPSA) is 40.6 Å². The van der Waals surface area contributed by atoms with Crippen LogP contribution in [0.5, 0.6) is 0 Å². The Balaban J connectivity index is 0.00000171. The summed E-state index contributed by atoms with van der Waals surface area (Å²) in [5.41, 5.74) is 1.31. The fraction of sp³-hybridized carbons (Fsp3) is 0.417. The van der Waals surface area contributed by atoms with Crippen molar-refractivity contribution in [3.05, 3.63) is 72.4 Å². The fourth-order valence-corrected chi connectivity index (χ4v) is 2.77. The number of amides is 2. The minimum absolute atomic E-state index is 0.0120. The third kappa shape index (κ3) is 7.95. The standard InChI is InChI=1S/C20H24N2O2.2C2H6/c1-3-9-17(10-4-2)19(23)21-13-8-14-22(16-15-21)20(24)18-11-6-5-7-12-18;2*1-2/h3-7,9-12H,1,8,13-16H2,2H3;2*1-2H3/b10-4-,17-9+;;. The van der Waals surface area contributed by atoms with Crippen molar-refractivity contribution in [1.29, 1.82) is 0 Å². The monoisotopic (exact) mass is 384 g/mol. The molecule has 4 heteroatoms. The Labute approximate surface area is 171 Å². The molecule has 28 heavy (non-hydrogen) atoms. The van der Waals surface area contributed by atoms with Crippen molar-refractivity contribution in [2.75, 3.05) is 26.2 Å². The van der Waals surface area contributed by atoms with Gasteiger partial charge in [0.05, 0.1) is 0 Å². The lowest BCUT2D eigenvalue weighted by atomic mass is 10.2. The van der Waals surface area contributed by atoms with Crippen LogP contribution in [-0.2, 0) is 4.79 Å². The smallest absolute Gasteiger partial charge is 0.253 e. The Kier molecular flexibility index (Phi) is 14.0. The molecule has 1 aromatic rings. The molecule has 1 heterocycles. The molecule has 0 atom stereocenters. The Morgan fingerprint density at radius 2 is 1.50 bits per heavy atom. The van der Waals surface area contributed by atoms with Gasteiger partial charge in [0, 0.05) is 37.3 Å². The highest BCUT2D eigenvalue weighted by atomic mass is 16.2. The largest absolute Gasteiger partial charge is 0.337 e. The predicted octanol–water partition coefficient (Wildman–Crippen LogP) is 5.10. The van der Waals surface area contributed by atoms with Crippen molar-refractivity contribution in [1.82, 2.24) is 9.80 Å². The summed E-state index contributed by atoms with van der Waals surface area (Å²) >= 11 is 0. The summed E-state index contributed by atoms with van der Waals surface area (Å²) in [7, 11) is 0. The van der Waals surface area contributed by atoms with E-state index < -0.39 is 0 Å². The van der Waals surface area contributed by atoms with Crippen LogP contribution >= 0.6 is 0 Å². The highest BCUT2D eigenvalue weighted by Crippen LogP contribution is 2.12. The van der Waals surface area contributed by atoms with E-state index in [0.29, 0.717) is 37.3 Å². The third-order valence-corrected chi connectivity index (χ3v) is 3.98. The zero-order chi connectivity index (χ0) is 21.4. The number of carbonyl (C=O) groups is 2. The summed E-state index contributed by atoms with van der Waals surface area (Å²) in [6.07, 6.45) is 7.76. The number of benzene rings is 1. The van der Waals surface area contributed by atoms with Gasteiger partial charge in [0.25, 0.3) is 11.8 Å². The molecule has 1 aliphatic rings. The number of rotatable bonds is 4. The molecule has 1 aromatic carbocycles. The van der Waals surface area contributed by atoms with Gasteiger partial charge in [-0.2, -0.15) is 0 Å². The maximum absolute atomic E-state index is 12.6.